The summed E-state index contributed by atoms with van der Waals surface area (Å²) in [5.41, 5.74) is 21.2. The molecule has 0 spiro atoms. The second-order valence-electron chi connectivity index (χ2n) is 32.8. The van der Waals surface area contributed by atoms with Crippen molar-refractivity contribution in [3.05, 3.63) is 386 Å². The second kappa shape index (κ2) is 34.6. The van der Waals surface area contributed by atoms with E-state index in [0.29, 0.717) is 11.5 Å². The van der Waals surface area contributed by atoms with Crippen LogP contribution in [0.25, 0.3) is 139 Å². The van der Waals surface area contributed by atoms with Gasteiger partial charge in [0.25, 0.3) is 0 Å². The number of rotatable bonds is 13. The standard InChI is InChI=1S/C42H34N4O.C42H32N4O.C21H19BrN2.2CH4.Pt/c2*1-42(2,3)33-22-23-43-41(24-33)46-39-15-8-7-14-37(39)38-21-20-36(26-40(38)46)47-35-13-9-12-34(25-35)45-28-32(27-44-45)31-18-16-30(17-19-31)29-10-5-4-6-11-29;1-21(2,3)14-10-11-23-20(12-14)24-18-7-5-4-6-16(18)17-9-8-15(22)13-19(17)24;;;/h4-28H,1-3H3;4-24,27-28H,1-3H3;4-13H,1-3H3;2*1H4;/q;-2;;;;+2. The Morgan fingerprint density at radius 1 is 0.306 bits per heavy atom. The van der Waals surface area contributed by atoms with Gasteiger partial charge < -0.3 is 14.0 Å². The average molecular weight is 1830 g/mol. The molecule has 0 aliphatic heterocycles. The zero-order valence-electron chi connectivity index (χ0n) is 67.5. The summed E-state index contributed by atoms with van der Waals surface area (Å²) in [6.45, 7) is 20.0. The largest absolute Gasteiger partial charge is 2.00 e. The van der Waals surface area contributed by atoms with Crippen LogP contribution in [-0.4, -0.2) is 48.2 Å². The molecular weight excluding hydrogens is 1730 g/mol. The third-order valence-electron chi connectivity index (χ3n) is 21.7. The molecular formula is C107H93BrN10O2Pt. The van der Waals surface area contributed by atoms with Gasteiger partial charge in [0.1, 0.15) is 29.0 Å². The van der Waals surface area contributed by atoms with Gasteiger partial charge in [-0.05, 0) is 168 Å². The smallest absolute Gasteiger partial charge is 0.509 e. The molecule has 121 heavy (non-hydrogen) atoms. The first kappa shape index (κ1) is 82.8. The minimum atomic E-state index is -0.00236. The Kier molecular flexibility index (Phi) is 23.6. The first-order valence-electron chi connectivity index (χ1n) is 39.7. The summed E-state index contributed by atoms with van der Waals surface area (Å²) in [4.78, 5) is 14.3. The van der Waals surface area contributed by atoms with Crippen molar-refractivity contribution in [1.82, 2.24) is 48.2 Å². The van der Waals surface area contributed by atoms with Gasteiger partial charge in [-0.2, -0.15) is 22.3 Å². The topological polar surface area (TPSA) is 108 Å². The number of para-hydroxylation sites is 3. The Labute approximate surface area is 730 Å². The number of pyridine rings is 3. The number of fused-ring (bicyclic) bond motifs is 9. The van der Waals surface area contributed by atoms with Crippen molar-refractivity contribution in [2.45, 2.75) is 93.4 Å². The molecule has 8 aromatic heterocycles. The quantitative estimate of drug-likeness (QED) is 0.106. The van der Waals surface area contributed by atoms with E-state index in [9.17, 15) is 0 Å². The Hall–Kier alpha value is -13.3. The molecule has 20 aromatic rings. The molecule has 0 bridgehead atoms. The van der Waals surface area contributed by atoms with Crippen molar-refractivity contribution in [3.8, 4) is 96.3 Å². The van der Waals surface area contributed by atoms with Gasteiger partial charge in [0.2, 0.25) is 0 Å². The molecule has 0 amide bonds. The molecule has 600 valence electrons. The van der Waals surface area contributed by atoms with Crippen LogP contribution < -0.4 is 9.47 Å². The van der Waals surface area contributed by atoms with Crippen LogP contribution in [0.3, 0.4) is 0 Å². The van der Waals surface area contributed by atoms with Crippen LogP contribution in [0.5, 0.6) is 23.0 Å². The van der Waals surface area contributed by atoms with E-state index in [1.54, 1.807) is 0 Å². The maximum atomic E-state index is 6.49. The third kappa shape index (κ3) is 17.2. The minimum Gasteiger partial charge on any atom is -0.509 e. The van der Waals surface area contributed by atoms with E-state index in [1.807, 2.05) is 113 Å². The molecule has 0 N–H and O–H groups in total. The van der Waals surface area contributed by atoms with Gasteiger partial charge in [-0.1, -0.05) is 275 Å². The molecule has 0 unspecified atom stereocenters. The molecule has 8 heterocycles. The Bertz CT molecular complexity index is 6740. The van der Waals surface area contributed by atoms with E-state index >= 15 is 0 Å². The van der Waals surface area contributed by atoms with Crippen molar-refractivity contribution in [1.29, 1.82) is 0 Å². The predicted molar refractivity (Wildman–Crippen MR) is 500 cm³/mol. The molecule has 0 saturated heterocycles. The van der Waals surface area contributed by atoms with E-state index in [-0.39, 0.29) is 52.2 Å². The van der Waals surface area contributed by atoms with Crippen LogP contribution in [0.2, 0.25) is 0 Å². The number of hydrogen-bond donors (Lipinski definition) is 0. The van der Waals surface area contributed by atoms with Crippen LogP contribution >= 0.6 is 15.9 Å². The average Bonchev–Trinajstić information content (AvgIpc) is 1.60. The maximum absolute atomic E-state index is 6.49. The third-order valence-corrected chi connectivity index (χ3v) is 22.2. The Morgan fingerprint density at radius 2 is 0.702 bits per heavy atom. The number of aromatic nitrogens is 10. The molecule has 0 atom stereocenters. The normalized spacial score (nSPS) is 11.5. The SMILES string of the molecule is C.C.CC(C)(C)c1ccnc(-n2c3[c-]c(Oc4[c-]c(-n5cc(-c6ccc(-c7ccccc7)cc6)cn5)ccc4)ccc3c3ccccc32)c1.CC(C)(C)c1ccnc(-n2c3ccccc3c3ccc(Br)cc32)c1.CC(C)(C)c1ccnc(-n2c3ccccc3c3ccc(Oc4cccc(-n5cc(-c6ccc(-c7ccccc7)cc6)cn5)c4)cc32)c1.[Pt+2]. The van der Waals surface area contributed by atoms with Gasteiger partial charge in [0.05, 0.1) is 40.1 Å². The number of ether oxygens (including phenoxy) is 2. The van der Waals surface area contributed by atoms with Gasteiger partial charge in [-0.3, -0.25) is 13.8 Å². The fraction of sp³-hybridized carbons (Fsp3) is 0.131. The van der Waals surface area contributed by atoms with E-state index in [2.05, 4.69) is 368 Å². The molecule has 0 aliphatic rings. The van der Waals surface area contributed by atoms with Crippen LogP contribution in [0.4, 0.5) is 0 Å². The molecule has 0 aliphatic carbocycles. The summed E-state index contributed by atoms with van der Waals surface area (Å²) in [7, 11) is 0. The number of nitrogens with zero attached hydrogens (tertiary/aromatic N) is 10. The number of benzene rings is 12. The molecule has 0 radical (unpaired) electrons. The van der Waals surface area contributed by atoms with Crippen molar-refractivity contribution in [3.63, 3.8) is 0 Å². The molecule has 14 heteroatoms. The van der Waals surface area contributed by atoms with Crippen molar-refractivity contribution >= 4 is 81.3 Å². The molecule has 0 fully saturated rings. The van der Waals surface area contributed by atoms with Gasteiger partial charge in [-0.15, -0.1) is 35.7 Å². The van der Waals surface area contributed by atoms with E-state index in [0.717, 1.165) is 105 Å². The van der Waals surface area contributed by atoms with E-state index < -0.39 is 0 Å². The van der Waals surface area contributed by atoms with E-state index in [4.69, 9.17) is 19.4 Å². The summed E-state index contributed by atoms with van der Waals surface area (Å²) in [6, 6.07) is 114. The van der Waals surface area contributed by atoms with Crippen LogP contribution in [-0.2, 0) is 37.3 Å². The maximum Gasteiger partial charge on any atom is 2.00 e. The van der Waals surface area contributed by atoms with E-state index in [1.165, 1.54) is 66.1 Å². The van der Waals surface area contributed by atoms with Crippen molar-refractivity contribution in [2.75, 3.05) is 0 Å². The molecule has 20 rings (SSSR count). The second-order valence-corrected chi connectivity index (χ2v) is 33.7. The Morgan fingerprint density at radius 3 is 1.22 bits per heavy atom. The zero-order valence-corrected chi connectivity index (χ0v) is 71.3. The summed E-state index contributed by atoms with van der Waals surface area (Å²) < 4.78 is 24.3. The Balaban J connectivity index is 0.000000147. The number of hydrogen-bond acceptors (Lipinski definition) is 7. The molecule has 12 aromatic carbocycles. The zero-order chi connectivity index (χ0) is 80.8. The number of halogens is 1. The van der Waals surface area contributed by atoms with Gasteiger partial charge in [0, 0.05) is 97.3 Å². The molecule has 12 nitrogen and oxygen atoms in total. The fourth-order valence-corrected chi connectivity index (χ4v) is 15.8. The monoisotopic (exact) mass is 1820 g/mol. The fourth-order valence-electron chi connectivity index (χ4n) is 15.4. The van der Waals surface area contributed by atoms with Gasteiger partial charge in [0.15, 0.2) is 0 Å². The summed E-state index contributed by atoms with van der Waals surface area (Å²) >= 11 is 3.61. The first-order valence-corrected chi connectivity index (χ1v) is 40.5. The minimum absolute atomic E-state index is 0. The summed E-state index contributed by atoms with van der Waals surface area (Å²) in [5.74, 6) is 5.39. The first-order chi connectivity index (χ1) is 57.3. The van der Waals surface area contributed by atoms with Gasteiger partial charge in [-0.25, -0.2) is 19.6 Å². The molecule has 0 saturated carbocycles. The predicted octanol–water partition coefficient (Wildman–Crippen LogP) is 28.7. The van der Waals surface area contributed by atoms with Crippen molar-refractivity contribution < 1.29 is 30.5 Å². The summed E-state index contributed by atoms with van der Waals surface area (Å²) in [6.07, 6.45) is 13.6. The van der Waals surface area contributed by atoms with Crippen LogP contribution in [0.15, 0.2) is 357 Å². The van der Waals surface area contributed by atoms with Gasteiger partial charge >= 0.3 is 21.1 Å². The van der Waals surface area contributed by atoms with Crippen LogP contribution in [0.1, 0.15) is 93.9 Å². The van der Waals surface area contributed by atoms with Crippen LogP contribution in [0, 0.1) is 12.1 Å². The summed E-state index contributed by atoms with van der Waals surface area (Å²) in [5, 5.41) is 16.4. The van der Waals surface area contributed by atoms with Crippen molar-refractivity contribution in [2.24, 2.45) is 0 Å².